The van der Waals surface area contributed by atoms with Crippen LogP contribution in [0.2, 0.25) is 19.6 Å². The Morgan fingerprint density at radius 1 is 1.31 bits per heavy atom. The van der Waals surface area contributed by atoms with Gasteiger partial charge < -0.3 is 0 Å². The van der Waals surface area contributed by atoms with Crippen LogP contribution in [0.25, 0.3) is 0 Å². The average Bonchev–Trinajstić information content (AvgIpc) is 2.04. The Labute approximate surface area is 90.7 Å². The van der Waals surface area contributed by atoms with Crippen molar-refractivity contribution in [2.24, 2.45) is 0 Å². The molecule has 1 aliphatic heterocycles. The Hall–Kier alpha value is 0.407. The topological polar surface area (TPSA) is 23.8 Å². The Balaban J connectivity index is 2.80. The monoisotopic (exact) mass is 231 g/mol. The van der Waals surface area contributed by atoms with Crippen molar-refractivity contribution in [1.29, 1.82) is 5.26 Å². The molecule has 1 aliphatic rings. The smallest absolute Gasteiger partial charge is 0.0765 e. The van der Waals surface area contributed by atoms with Gasteiger partial charge in [-0.25, -0.2) is 0 Å². The van der Waals surface area contributed by atoms with Crippen LogP contribution in [0.1, 0.15) is 12.8 Å². The summed E-state index contributed by atoms with van der Waals surface area (Å²) in [7, 11) is -1.22. The summed E-state index contributed by atoms with van der Waals surface area (Å²) in [5, 5.41) is 8.89. The van der Waals surface area contributed by atoms with Crippen LogP contribution in [0.5, 0.6) is 0 Å². The van der Waals surface area contributed by atoms with E-state index >= 15 is 0 Å². The molecule has 0 aromatic rings. The summed E-state index contributed by atoms with van der Waals surface area (Å²) >= 11 is 4.09. The minimum absolute atomic E-state index is 0.278. The molecule has 13 heavy (non-hydrogen) atoms. The Morgan fingerprint density at radius 2 is 1.85 bits per heavy atom. The fraction of sp³-hybridized carbons (Fsp3) is 0.889. The van der Waals surface area contributed by atoms with E-state index in [9.17, 15) is 0 Å². The van der Waals surface area contributed by atoms with Crippen molar-refractivity contribution in [3.63, 3.8) is 0 Å². The SMILES string of the molecule is C[Si](C)(C)C1(CC#N)SCCCS1. The van der Waals surface area contributed by atoms with E-state index in [1.165, 1.54) is 17.9 Å². The van der Waals surface area contributed by atoms with Gasteiger partial charge in [0, 0.05) is 0 Å². The second-order valence-electron chi connectivity index (χ2n) is 4.39. The van der Waals surface area contributed by atoms with Gasteiger partial charge >= 0.3 is 0 Å². The molecular formula is C9H17NS2Si. The lowest BCUT2D eigenvalue weighted by atomic mass is 10.5. The molecule has 0 unspecified atom stereocenters. The van der Waals surface area contributed by atoms with Gasteiger partial charge in [-0.3, -0.25) is 0 Å². The molecule has 0 saturated carbocycles. The second-order valence-corrected chi connectivity index (χ2v) is 13.5. The van der Waals surface area contributed by atoms with Crippen molar-refractivity contribution >= 4 is 31.6 Å². The van der Waals surface area contributed by atoms with E-state index in [1.54, 1.807) is 0 Å². The van der Waals surface area contributed by atoms with Crippen LogP contribution in [0.15, 0.2) is 0 Å². The third-order valence-electron chi connectivity index (χ3n) is 2.41. The summed E-state index contributed by atoms with van der Waals surface area (Å²) in [4.78, 5) is 0. The van der Waals surface area contributed by atoms with Crippen molar-refractivity contribution < 1.29 is 0 Å². The van der Waals surface area contributed by atoms with Crippen LogP contribution in [0, 0.1) is 11.3 Å². The van der Waals surface area contributed by atoms with E-state index in [0.29, 0.717) is 0 Å². The third-order valence-corrected chi connectivity index (χ3v) is 12.3. The third kappa shape index (κ3) is 2.45. The highest BCUT2D eigenvalue weighted by Crippen LogP contribution is 2.50. The van der Waals surface area contributed by atoms with E-state index in [1.807, 2.05) is 23.5 Å². The first-order valence-corrected chi connectivity index (χ1v) is 10.1. The molecule has 0 bridgehead atoms. The normalized spacial score (nSPS) is 22.3. The quantitative estimate of drug-likeness (QED) is 0.681. The second kappa shape index (κ2) is 4.29. The largest absolute Gasteiger partial charge is 0.198 e. The molecule has 0 N–H and O–H groups in total. The fourth-order valence-electron chi connectivity index (χ4n) is 1.48. The molecule has 0 aromatic heterocycles. The van der Waals surface area contributed by atoms with Crippen LogP contribution in [-0.4, -0.2) is 23.3 Å². The van der Waals surface area contributed by atoms with Crippen LogP contribution in [0.4, 0.5) is 0 Å². The summed E-state index contributed by atoms with van der Waals surface area (Å²) < 4.78 is 0.278. The number of thioether (sulfide) groups is 2. The summed E-state index contributed by atoms with van der Waals surface area (Å²) in [5.41, 5.74) is 0. The molecular weight excluding hydrogens is 214 g/mol. The summed E-state index contributed by atoms with van der Waals surface area (Å²) in [6, 6.07) is 2.38. The highest BCUT2D eigenvalue weighted by Gasteiger charge is 2.45. The number of nitrogens with zero attached hydrogens (tertiary/aromatic N) is 1. The molecule has 0 radical (unpaired) electrons. The van der Waals surface area contributed by atoms with E-state index in [0.717, 1.165) is 6.42 Å². The number of nitriles is 1. The molecule has 1 fully saturated rings. The highest BCUT2D eigenvalue weighted by atomic mass is 32.2. The fourth-order valence-corrected chi connectivity index (χ4v) is 8.75. The molecule has 1 nitrogen and oxygen atoms in total. The zero-order valence-corrected chi connectivity index (χ0v) is 11.2. The Bertz CT molecular complexity index is 211. The zero-order chi connectivity index (χ0) is 9.95. The molecule has 1 rings (SSSR count). The predicted octanol–water partition coefficient (Wildman–Crippen LogP) is 3.34. The molecule has 4 heteroatoms. The maximum atomic E-state index is 8.89. The van der Waals surface area contributed by atoms with Gasteiger partial charge in [0.25, 0.3) is 0 Å². The first-order chi connectivity index (χ1) is 6.02. The van der Waals surface area contributed by atoms with Gasteiger partial charge in [-0.2, -0.15) is 5.26 Å². The lowest BCUT2D eigenvalue weighted by Crippen LogP contribution is -2.48. The molecule has 0 amide bonds. The average molecular weight is 231 g/mol. The summed E-state index contributed by atoms with van der Waals surface area (Å²) in [5.74, 6) is 2.50. The van der Waals surface area contributed by atoms with Gasteiger partial charge in [0.1, 0.15) is 0 Å². The van der Waals surface area contributed by atoms with Crippen LogP contribution in [0.3, 0.4) is 0 Å². The Kier molecular flexibility index (Phi) is 3.79. The molecule has 0 atom stereocenters. The highest BCUT2D eigenvalue weighted by molar-refractivity contribution is 8.21. The van der Waals surface area contributed by atoms with E-state index in [-0.39, 0.29) is 3.70 Å². The van der Waals surface area contributed by atoms with Crippen LogP contribution >= 0.6 is 23.5 Å². The molecule has 0 aromatic carbocycles. The number of hydrogen-bond acceptors (Lipinski definition) is 3. The van der Waals surface area contributed by atoms with Gasteiger partial charge in [-0.05, 0) is 17.9 Å². The van der Waals surface area contributed by atoms with Crippen molar-refractivity contribution in [3.05, 3.63) is 0 Å². The first kappa shape index (κ1) is 11.5. The summed E-state index contributed by atoms with van der Waals surface area (Å²) in [6.07, 6.45) is 2.05. The molecule has 1 saturated heterocycles. The van der Waals surface area contributed by atoms with E-state index < -0.39 is 8.07 Å². The van der Waals surface area contributed by atoms with Crippen LogP contribution < -0.4 is 0 Å². The zero-order valence-electron chi connectivity index (χ0n) is 8.59. The number of rotatable bonds is 2. The van der Waals surface area contributed by atoms with Crippen molar-refractivity contribution in [3.8, 4) is 6.07 Å². The van der Waals surface area contributed by atoms with Crippen molar-refractivity contribution in [2.45, 2.75) is 36.2 Å². The number of hydrogen-bond donors (Lipinski definition) is 0. The predicted molar refractivity (Wildman–Crippen MR) is 65.8 cm³/mol. The minimum atomic E-state index is -1.22. The van der Waals surface area contributed by atoms with E-state index in [2.05, 4.69) is 25.7 Å². The van der Waals surface area contributed by atoms with E-state index in [4.69, 9.17) is 5.26 Å². The molecule has 0 aliphatic carbocycles. The Morgan fingerprint density at radius 3 is 2.23 bits per heavy atom. The van der Waals surface area contributed by atoms with Gasteiger partial charge in [0.05, 0.1) is 24.3 Å². The standard InChI is InChI=1S/C9H17NS2Si/c1-13(2,3)9(5-6-10)11-7-4-8-12-9/h4-5,7-8H2,1-3H3. The molecule has 0 spiro atoms. The summed E-state index contributed by atoms with van der Waals surface area (Å²) in [6.45, 7) is 7.15. The van der Waals surface area contributed by atoms with Gasteiger partial charge in [0.2, 0.25) is 0 Å². The molecule has 1 heterocycles. The van der Waals surface area contributed by atoms with Crippen LogP contribution in [-0.2, 0) is 0 Å². The minimum Gasteiger partial charge on any atom is -0.198 e. The van der Waals surface area contributed by atoms with Gasteiger partial charge in [0.15, 0.2) is 0 Å². The van der Waals surface area contributed by atoms with Gasteiger partial charge in [-0.15, -0.1) is 23.5 Å². The molecule has 74 valence electrons. The first-order valence-electron chi connectivity index (χ1n) is 4.67. The van der Waals surface area contributed by atoms with Crippen molar-refractivity contribution in [2.75, 3.05) is 11.5 Å². The van der Waals surface area contributed by atoms with Crippen molar-refractivity contribution in [1.82, 2.24) is 0 Å². The van der Waals surface area contributed by atoms with Gasteiger partial charge in [-0.1, -0.05) is 19.6 Å². The lowest BCUT2D eigenvalue weighted by molar-refractivity contribution is 1.00. The maximum Gasteiger partial charge on any atom is 0.0765 e. The maximum absolute atomic E-state index is 8.89. The lowest BCUT2D eigenvalue weighted by Gasteiger charge is -2.43.